The van der Waals surface area contributed by atoms with Crippen LogP contribution in [0.4, 0.5) is 5.69 Å². The summed E-state index contributed by atoms with van der Waals surface area (Å²) in [6, 6.07) is 14.7. The fourth-order valence-electron chi connectivity index (χ4n) is 3.74. The summed E-state index contributed by atoms with van der Waals surface area (Å²) >= 11 is 0. The number of nitro groups is 1. The number of hydrogen-bond acceptors (Lipinski definition) is 5. The summed E-state index contributed by atoms with van der Waals surface area (Å²) < 4.78 is 4.69. The van der Waals surface area contributed by atoms with Gasteiger partial charge in [-0.25, -0.2) is 4.79 Å². The van der Waals surface area contributed by atoms with Gasteiger partial charge in [-0.2, -0.15) is 0 Å². The van der Waals surface area contributed by atoms with Gasteiger partial charge in [0.05, 0.1) is 17.7 Å². The Bertz CT molecular complexity index is 1160. The molecule has 7 nitrogen and oxygen atoms in total. The molecule has 7 heteroatoms. The summed E-state index contributed by atoms with van der Waals surface area (Å²) in [4.78, 5) is 27.7. The van der Waals surface area contributed by atoms with Gasteiger partial charge in [-0.3, -0.25) is 10.1 Å². The van der Waals surface area contributed by atoms with Crippen molar-refractivity contribution in [2.24, 2.45) is 0 Å². The number of aromatic amines is 1. The SMILES string of the molecule is COC(=O)/C=C/N1C/C=C(/c2ccc([N+](=O)[O-])cc2)c2[nH]c3ccccc3c2CC1. The number of esters is 1. The van der Waals surface area contributed by atoms with Gasteiger partial charge >= 0.3 is 5.97 Å². The maximum atomic E-state index is 11.5. The van der Waals surface area contributed by atoms with Crippen LogP contribution < -0.4 is 0 Å². The van der Waals surface area contributed by atoms with Crippen molar-refractivity contribution in [2.75, 3.05) is 20.2 Å². The van der Waals surface area contributed by atoms with Gasteiger partial charge in [0, 0.05) is 54.0 Å². The predicted octanol–water partition coefficient (Wildman–Crippen LogP) is 4.05. The monoisotopic (exact) mass is 403 g/mol. The van der Waals surface area contributed by atoms with Crippen LogP contribution in [-0.4, -0.2) is 41.0 Å². The molecule has 1 N–H and O–H groups in total. The second-order valence-electron chi connectivity index (χ2n) is 7.03. The second kappa shape index (κ2) is 8.24. The van der Waals surface area contributed by atoms with E-state index in [0.717, 1.165) is 40.7 Å². The molecule has 4 rings (SSSR count). The molecule has 0 radical (unpaired) electrons. The molecule has 2 aromatic carbocycles. The van der Waals surface area contributed by atoms with Gasteiger partial charge in [0.15, 0.2) is 0 Å². The van der Waals surface area contributed by atoms with E-state index in [9.17, 15) is 14.9 Å². The van der Waals surface area contributed by atoms with E-state index >= 15 is 0 Å². The van der Waals surface area contributed by atoms with Crippen LogP contribution >= 0.6 is 0 Å². The number of carbonyl (C=O) groups excluding carboxylic acids is 1. The molecule has 0 spiro atoms. The minimum absolute atomic E-state index is 0.0599. The molecule has 30 heavy (non-hydrogen) atoms. The normalized spacial score (nSPS) is 15.9. The number of para-hydroxylation sites is 1. The molecular weight excluding hydrogens is 382 g/mol. The lowest BCUT2D eigenvalue weighted by atomic mass is 9.95. The summed E-state index contributed by atoms with van der Waals surface area (Å²) in [5.74, 6) is -0.399. The van der Waals surface area contributed by atoms with Gasteiger partial charge in [0.1, 0.15) is 0 Å². The fourth-order valence-corrected chi connectivity index (χ4v) is 3.74. The molecule has 0 unspecified atom stereocenters. The number of nitrogens with one attached hydrogen (secondary N) is 1. The first-order valence-corrected chi connectivity index (χ1v) is 9.62. The molecule has 0 saturated carbocycles. The molecule has 1 aliphatic rings. The van der Waals surface area contributed by atoms with Crippen molar-refractivity contribution < 1.29 is 14.5 Å². The number of carbonyl (C=O) groups is 1. The first-order chi connectivity index (χ1) is 14.6. The smallest absolute Gasteiger partial charge is 0.331 e. The Morgan fingerprint density at radius 3 is 2.70 bits per heavy atom. The molecular formula is C23H21N3O4. The van der Waals surface area contributed by atoms with Crippen molar-refractivity contribution in [3.8, 4) is 0 Å². The molecule has 1 aromatic heterocycles. The molecule has 3 aromatic rings. The third-order valence-corrected chi connectivity index (χ3v) is 5.27. The van der Waals surface area contributed by atoms with Crippen LogP contribution in [0.5, 0.6) is 0 Å². The Kier molecular flexibility index (Phi) is 5.34. The van der Waals surface area contributed by atoms with Crippen LogP contribution in [0.25, 0.3) is 16.5 Å². The molecule has 0 saturated heterocycles. The van der Waals surface area contributed by atoms with Crippen LogP contribution in [0.1, 0.15) is 16.8 Å². The Morgan fingerprint density at radius 2 is 1.97 bits per heavy atom. The lowest BCUT2D eigenvalue weighted by Gasteiger charge is -2.23. The molecule has 0 amide bonds. The highest BCUT2D eigenvalue weighted by molar-refractivity contribution is 5.93. The zero-order valence-electron chi connectivity index (χ0n) is 16.5. The van der Waals surface area contributed by atoms with Crippen LogP contribution in [-0.2, 0) is 16.0 Å². The molecule has 1 aliphatic heterocycles. The van der Waals surface area contributed by atoms with Crippen LogP contribution in [0.2, 0.25) is 0 Å². The van der Waals surface area contributed by atoms with E-state index in [0.29, 0.717) is 6.54 Å². The molecule has 0 aliphatic carbocycles. The number of aromatic nitrogens is 1. The second-order valence-corrected chi connectivity index (χ2v) is 7.03. The van der Waals surface area contributed by atoms with E-state index in [1.807, 2.05) is 23.1 Å². The number of H-pyrrole nitrogens is 1. The van der Waals surface area contributed by atoms with Crippen molar-refractivity contribution in [1.29, 1.82) is 0 Å². The Morgan fingerprint density at radius 1 is 1.20 bits per heavy atom. The largest absolute Gasteiger partial charge is 0.466 e. The Labute approximate surface area is 173 Å². The van der Waals surface area contributed by atoms with Gasteiger partial charge in [-0.15, -0.1) is 0 Å². The first kappa shape index (κ1) is 19.4. The van der Waals surface area contributed by atoms with Gasteiger partial charge in [0.2, 0.25) is 0 Å². The summed E-state index contributed by atoms with van der Waals surface area (Å²) in [5.41, 5.74) is 5.20. The highest BCUT2D eigenvalue weighted by Gasteiger charge is 2.19. The molecule has 152 valence electrons. The summed E-state index contributed by atoms with van der Waals surface area (Å²) in [6.07, 6.45) is 6.03. The van der Waals surface area contributed by atoms with Crippen LogP contribution in [0.3, 0.4) is 0 Å². The third-order valence-electron chi connectivity index (χ3n) is 5.27. The third kappa shape index (κ3) is 3.82. The summed E-state index contributed by atoms with van der Waals surface area (Å²) in [5, 5.41) is 12.2. The number of methoxy groups -OCH3 is 1. The van der Waals surface area contributed by atoms with E-state index in [1.165, 1.54) is 30.9 Å². The number of rotatable bonds is 4. The maximum Gasteiger partial charge on any atom is 0.331 e. The lowest BCUT2D eigenvalue weighted by Crippen LogP contribution is -2.23. The lowest BCUT2D eigenvalue weighted by molar-refractivity contribution is -0.384. The topological polar surface area (TPSA) is 88.5 Å². The number of ether oxygens (including phenoxy) is 1. The van der Waals surface area contributed by atoms with Gasteiger partial charge < -0.3 is 14.6 Å². The number of fused-ring (bicyclic) bond motifs is 3. The minimum Gasteiger partial charge on any atom is -0.466 e. The predicted molar refractivity (Wildman–Crippen MR) is 115 cm³/mol. The first-order valence-electron chi connectivity index (χ1n) is 9.62. The highest BCUT2D eigenvalue weighted by atomic mass is 16.6. The molecule has 0 atom stereocenters. The van der Waals surface area contributed by atoms with Crippen molar-refractivity contribution in [3.63, 3.8) is 0 Å². The highest BCUT2D eigenvalue weighted by Crippen LogP contribution is 2.33. The van der Waals surface area contributed by atoms with E-state index in [-0.39, 0.29) is 5.69 Å². The van der Waals surface area contributed by atoms with Crippen LogP contribution in [0.15, 0.2) is 66.9 Å². The number of hydrogen-bond donors (Lipinski definition) is 1. The summed E-state index contributed by atoms with van der Waals surface area (Å²) in [6.45, 7) is 1.33. The Hall–Kier alpha value is -3.87. The zero-order chi connectivity index (χ0) is 21.1. The number of non-ortho nitro benzene ring substituents is 1. The molecule has 0 fully saturated rings. The van der Waals surface area contributed by atoms with Crippen molar-refractivity contribution >= 4 is 28.1 Å². The van der Waals surface area contributed by atoms with Gasteiger partial charge in [-0.1, -0.05) is 24.3 Å². The molecule has 0 bridgehead atoms. The number of benzene rings is 2. The number of nitro benzene ring substituents is 1. The minimum atomic E-state index is -0.399. The summed E-state index contributed by atoms with van der Waals surface area (Å²) in [7, 11) is 1.35. The van der Waals surface area contributed by atoms with Crippen molar-refractivity contribution in [1.82, 2.24) is 9.88 Å². The quantitative estimate of drug-likeness (QED) is 0.307. The van der Waals surface area contributed by atoms with Crippen molar-refractivity contribution in [2.45, 2.75) is 6.42 Å². The zero-order valence-corrected chi connectivity index (χ0v) is 16.5. The maximum absolute atomic E-state index is 11.5. The van der Waals surface area contributed by atoms with E-state index in [1.54, 1.807) is 18.3 Å². The van der Waals surface area contributed by atoms with Gasteiger partial charge in [-0.05, 0) is 35.7 Å². The van der Waals surface area contributed by atoms with E-state index in [2.05, 4.69) is 17.1 Å². The van der Waals surface area contributed by atoms with Crippen LogP contribution in [0, 0.1) is 10.1 Å². The van der Waals surface area contributed by atoms with E-state index < -0.39 is 10.9 Å². The number of nitrogens with zero attached hydrogens (tertiary/aromatic N) is 2. The Balaban J connectivity index is 1.79. The average molecular weight is 403 g/mol. The van der Waals surface area contributed by atoms with Crippen molar-refractivity contribution in [3.05, 3.63) is 93.8 Å². The standard InChI is InChI=1S/C23H21N3O4/c1-30-22(27)12-15-25-13-10-18(16-6-8-17(9-7-16)26(28)29)23-20(11-14-25)19-4-2-3-5-21(19)24-23/h2-10,12,15,24H,11,13-14H2,1H3/b15-12+,18-10-. The average Bonchev–Trinajstić information content (AvgIpc) is 3.11. The van der Waals surface area contributed by atoms with E-state index in [4.69, 9.17) is 4.74 Å². The fraction of sp³-hybridized carbons (Fsp3) is 0.174. The van der Waals surface area contributed by atoms with Gasteiger partial charge in [0.25, 0.3) is 5.69 Å². The molecule has 2 heterocycles.